The molecule has 1 saturated heterocycles. The summed E-state index contributed by atoms with van der Waals surface area (Å²) in [6.45, 7) is 1.42. The van der Waals surface area contributed by atoms with Gasteiger partial charge >= 0.3 is 5.97 Å². The second-order valence-electron chi connectivity index (χ2n) is 8.07. The molecule has 9 heteroatoms. The SMILES string of the molecule is COc1cc(-c2cn(C)c(=O)c3[nH]ncc23)cc(F)c1CC1CCN(CC(=O)O)CC1. The quantitative estimate of drug-likeness (QED) is 0.626. The van der Waals surface area contributed by atoms with Gasteiger partial charge in [-0.1, -0.05) is 0 Å². The van der Waals surface area contributed by atoms with E-state index in [1.54, 1.807) is 25.5 Å². The van der Waals surface area contributed by atoms with Crippen molar-refractivity contribution in [1.29, 1.82) is 0 Å². The fraction of sp³-hybridized carbons (Fsp3) is 0.409. The third-order valence-corrected chi connectivity index (χ3v) is 6.03. The first-order valence-corrected chi connectivity index (χ1v) is 10.2. The molecule has 2 N–H and O–H groups in total. The summed E-state index contributed by atoms with van der Waals surface area (Å²) in [4.78, 5) is 25.1. The number of aromatic amines is 1. The Morgan fingerprint density at radius 2 is 2.10 bits per heavy atom. The van der Waals surface area contributed by atoms with Gasteiger partial charge in [0, 0.05) is 29.8 Å². The van der Waals surface area contributed by atoms with E-state index in [4.69, 9.17) is 9.84 Å². The molecule has 0 bridgehead atoms. The lowest BCUT2D eigenvalue weighted by Gasteiger charge is -2.31. The smallest absolute Gasteiger partial charge is 0.317 e. The molecule has 4 rings (SSSR count). The number of carboxylic acids is 1. The van der Waals surface area contributed by atoms with Crippen LogP contribution in [0.25, 0.3) is 22.0 Å². The predicted molar refractivity (Wildman–Crippen MR) is 114 cm³/mol. The molecule has 0 amide bonds. The van der Waals surface area contributed by atoms with Crippen molar-refractivity contribution in [2.45, 2.75) is 19.3 Å². The highest BCUT2D eigenvalue weighted by atomic mass is 19.1. The van der Waals surface area contributed by atoms with Crippen LogP contribution in [0.3, 0.4) is 0 Å². The number of aryl methyl sites for hydroxylation is 1. The number of H-pyrrole nitrogens is 1. The molecule has 1 aliphatic rings. The summed E-state index contributed by atoms with van der Waals surface area (Å²) in [7, 11) is 3.16. The van der Waals surface area contributed by atoms with Gasteiger partial charge in [0.1, 0.15) is 17.1 Å². The predicted octanol–water partition coefficient (Wildman–Crippen LogP) is 2.42. The first-order valence-electron chi connectivity index (χ1n) is 10.2. The molecule has 0 unspecified atom stereocenters. The maximum absolute atomic E-state index is 15.2. The summed E-state index contributed by atoms with van der Waals surface area (Å²) in [6.07, 6.45) is 5.40. The number of aliphatic carboxylic acids is 1. The number of fused-ring (bicyclic) bond motifs is 1. The Kier molecular flexibility index (Phi) is 5.77. The molecule has 1 aromatic carbocycles. The lowest BCUT2D eigenvalue weighted by molar-refractivity contribution is -0.138. The first kappa shape index (κ1) is 21.0. The van der Waals surface area contributed by atoms with Gasteiger partial charge < -0.3 is 14.4 Å². The minimum atomic E-state index is -0.827. The fourth-order valence-corrected chi connectivity index (χ4v) is 4.36. The fourth-order valence-electron chi connectivity index (χ4n) is 4.36. The van der Waals surface area contributed by atoms with Crippen molar-refractivity contribution in [1.82, 2.24) is 19.7 Å². The van der Waals surface area contributed by atoms with Gasteiger partial charge in [0.05, 0.1) is 19.9 Å². The second kappa shape index (κ2) is 8.50. The van der Waals surface area contributed by atoms with Crippen LogP contribution in [-0.2, 0) is 18.3 Å². The Morgan fingerprint density at radius 3 is 2.77 bits per heavy atom. The van der Waals surface area contributed by atoms with Gasteiger partial charge in [0.15, 0.2) is 0 Å². The number of nitrogens with one attached hydrogen (secondary N) is 1. The molecule has 31 heavy (non-hydrogen) atoms. The van der Waals surface area contributed by atoms with E-state index in [0.29, 0.717) is 52.9 Å². The first-order chi connectivity index (χ1) is 14.9. The summed E-state index contributed by atoms with van der Waals surface area (Å²) in [5.41, 5.74) is 2.00. The van der Waals surface area contributed by atoms with E-state index in [-0.39, 0.29) is 23.8 Å². The van der Waals surface area contributed by atoms with E-state index >= 15 is 4.39 Å². The average Bonchev–Trinajstić information content (AvgIpc) is 3.23. The molecule has 3 heterocycles. The largest absolute Gasteiger partial charge is 0.496 e. The van der Waals surface area contributed by atoms with E-state index in [9.17, 15) is 9.59 Å². The number of rotatable bonds is 6. The lowest BCUT2D eigenvalue weighted by Crippen LogP contribution is -2.37. The number of methoxy groups -OCH3 is 1. The Labute approximate surface area is 178 Å². The van der Waals surface area contributed by atoms with Gasteiger partial charge in [-0.2, -0.15) is 5.10 Å². The van der Waals surface area contributed by atoms with Crippen LogP contribution in [0.4, 0.5) is 4.39 Å². The number of nitrogens with zero attached hydrogens (tertiary/aromatic N) is 3. The van der Waals surface area contributed by atoms with Gasteiger partial charge in [-0.3, -0.25) is 19.6 Å². The average molecular weight is 428 g/mol. The van der Waals surface area contributed by atoms with Crippen LogP contribution in [0.5, 0.6) is 5.75 Å². The molecule has 3 aromatic rings. The van der Waals surface area contributed by atoms with Gasteiger partial charge in [-0.15, -0.1) is 0 Å². The summed E-state index contributed by atoms with van der Waals surface area (Å²) in [5, 5.41) is 16.3. The highest BCUT2D eigenvalue weighted by molar-refractivity contribution is 5.93. The Bertz CT molecular complexity index is 1180. The van der Waals surface area contributed by atoms with Crippen molar-refractivity contribution < 1.29 is 19.0 Å². The van der Waals surface area contributed by atoms with E-state index < -0.39 is 5.97 Å². The molecule has 164 valence electrons. The number of pyridine rings is 1. The second-order valence-corrected chi connectivity index (χ2v) is 8.07. The minimum Gasteiger partial charge on any atom is -0.496 e. The zero-order valence-electron chi connectivity index (χ0n) is 17.5. The number of carboxylic acid groups (broad SMARTS) is 1. The van der Waals surface area contributed by atoms with Crippen molar-refractivity contribution in [3.63, 3.8) is 0 Å². The van der Waals surface area contributed by atoms with Crippen LogP contribution in [0.1, 0.15) is 18.4 Å². The zero-order chi connectivity index (χ0) is 22.1. The highest BCUT2D eigenvalue weighted by Crippen LogP contribution is 2.35. The minimum absolute atomic E-state index is 0.0428. The number of piperidine rings is 1. The van der Waals surface area contributed by atoms with Gasteiger partial charge in [0.2, 0.25) is 0 Å². The number of benzene rings is 1. The third-order valence-electron chi connectivity index (χ3n) is 6.03. The number of ether oxygens (including phenoxy) is 1. The summed E-state index contributed by atoms with van der Waals surface area (Å²) in [6, 6.07) is 3.27. The highest BCUT2D eigenvalue weighted by Gasteiger charge is 2.24. The molecule has 0 atom stereocenters. The number of hydrogen-bond donors (Lipinski definition) is 2. The summed E-state index contributed by atoms with van der Waals surface area (Å²) < 4.78 is 22.2. The summed E-state index contributed by atoms with van der Waals surface area (Å²) in [5.74, 6) is -0.453. The van der Waals surface area contributed by atoms with Crippen LogP contribution >= 0.6 is 0 Å². The number of aromatic nitrogens is 3. The molecule has 0 spiro atoms. The van der Waals surface area contributed by atoms with E-state index in [1.807, 2.05) is 4.90 Å². The maximum Gasteiger partial charge on any atom is 0.317 e. The molecule has 1 fully saturated rings. The molecule has 0 radical (unpaired) electrons. The number of hydrogen-bond acceptors (Lipinski definition) is 5. The molecule has 8 nitrogen and oxygen atoms in total. The number of halogens is 1. The standard InChI is InChI=1S/C22H25FN4O4/c1-26-11-17(16-10-24-25-21(16)22(26)30)14-8-18(23)15(19(9-14)31-2)7-13-3-5-27(6-4-13)12-20(28)29/h8-11,13H,3-7,12H2,1-2H3,(H,24,25)(H,28,29). The molecule has 0 aliphatic carbocycles. The van der Waals surface area contributed by atoms with Crippen LogP contribution in [0.2, 0.25) is 0 Å². The van der Waals surface area contributed by atoms with Gasteiger partial charge in [0.25, 0.3) is 5.56 Å². The Hall–Kier alpha value is -3.20. The van der Waals surface area contributed by atoms with Crippen molar-refractivity contribution in [3.05, 3.63) is 46.3 Å². The van der Waals surface area contributed by atoms with E-state index in [0.717, 1.165) is 12.8 Å². The molecule has 0 saturated carbocycles. The van der Waals surface area contributed by atoms with Crippen LogP contribution < -0.4 is 10.3 Å². The molecule has 1 aliphatic heterocycles. The normalized spacial score (nSPS) is 15.5. The van der Waals surface area contributed by atoms with Gasteiger partial charge in [-0.05, 0) is 56.0 Å². The van der Waals surface area contributed by atoms with Crippen molar-refractivity contribution in [3.8, 4) is 16.9 Å². The molecular formula is C22H25FN4O4. The Morgan fingerprint density at radius 1 is 1.35 bits per heavy atom. The van der Waals surface area contributed by atoms with E-state index in [1.165, 1.54) is 17.7 Å². The van der Waals surface area contributed by atoms with Gasteiger partial charge in [-0.25, -0.2) is 4.39 Å². The van der Waals surface area contributed by atoms with Crippen molar-refractivity contribution >= 4 is 16.9 Å². The summed E-state index contributed by atoms with van der Waals surface area (Å²) >= 11 is 0. The van der Waals surface area contributed by atoms with Crippen LogP contribution in [-0.4, -0.2) is 57.5 Å². The number of likely N-dealkylation sites (tertiary alicyclic amines) is 1. The molecule has 2 aromatic heterocycles. The van der Waals surface area contributed by atoms with E-state index in [2.05, 4.69) is 10.2 Å². The van der Waals surface area contributed by atoms with Crippen molar-refractivity contribution in [2.24, 2.45) is 13.0 Å². The molecular weight excluding hydrogens is 403 g/mol. The van der Waals surface area contributed by atoms with Crippen LogP contribution in [0, 0.1) is 11.7 Å². The number of carbonyl (C=O) groups is 1. The Balaban J connectivity index is 1.62. The van der Waals surface area contributed by atoms with Crippen LogP contribution in [0.15, 0.2) is 29.3 Å². The topological polar surface area (TPSA) is 100 Å². The lowest BCUT2D eigenvalue weighted by atomic mass is 9.88. The maximum atomic E-state index is 15.2. The third kappa shape index (κ3) is 4.18. The van der Waals surface area contributed by atoms with Crippen molar-refractivity contribution in [2.75, 3.05) is 26.7 Å². The monoisotopic (exact) mass is 428 g/mol. The zero-order valence-corrected chi connectivity index (χ0v) is 17.5.